The van der Waals surface area contributed by atoms with Crippen LogP contribution >= 0.6 is 0 Å². The molecular formula is C32H54Er2N24O26+8. The number of phenols is 2. The van der Waals surface area contributed by atoms with Crippen molar-refractivity contribution in [2.45, 2.75) is 0 Å². The third-order valence-electron chi connectivity index (χ3n) is 7.12. The topological polar surface area (TPSA) is 1020 Å². The largest absolute Gasteiger partial charge is 3.00 e. The van der Waals surface area contributed by atoms with E-state index in [1.807, 2.05) is 0 Å². The number of H-pyrrole nitrogens is 4. The van der Waals surface area contributed by atoms with Gasteiger partial charge in [-0.05, 0) is 92.6 Å². The Balaban J connectivity index is -0.0000000774. The minimum atomic E-state index is -1.56. The molecule has 0 aliphatic rings. The number of carboxylic acid groups (broad SMARTS) is 4. The standard InChI is InChI=1S/4C8H6N6O3.2Er.14H2O/c4*15-6-2-1-4(3-5(6)7(16)17)9-10-8-11-13-14-12-8;;;;;;;;;;;;;;;;/h4*1-3,15H,(H,16,17)(H,11,12,13,14);;;14*1H2/q;;;;2*+3;;;;;;;;;;;;;;/p+2. The van der Waals surface area contributed by atoms with Gasteiger partial charge in [0.25, 0.3) is 0 Å². The number of benzene rings is 4. The van der Waals surface area contributed by atoms with E-state index >= 15 is 0 Å². The van der Waals surface area contributed by atoms with Crippen LogP contribution in [0.2, 0.25) is 0 Å². The van der Waals surface area contributed by atoms with Crippen molar-refractivity contribution in [2.24, 2.45) is 40.9 Å². The Kier molecular flexibility index (Phi) is 63.5. The third kappa shape index (κ3) is 32.7. The second-order valence-corrected chi connectivity index (χ2v) is 11.6. The van der Waals surface area contributed by atoms with E-state index in [9.17, 15) is 60.0 Å². The minimum Gasteiger partial charge on any atom is -0.872 e. The maximum Gasteiger partial charge on any atom is 3.00 e. The second kappa shape index (κ2) is 51.7. The summed E-state index contributed by atoms with van der Waals surface area (Å²) in [7, 11) is 0. The Morgan fingerprint density at radius 3 is 0.738 bits per heavy atom. The van der Waals surface area contributed by atoms with Crippen LogP contribution in [-0.4, -0.2) is 149 Å². The summed E-state index contributed by atoms with van der Waals surface area (Å²) in [5.41, 5.74) is -0.908. The molecule has 0 spiro atoms. The number of hydrogen-bond donors (Lipinski definition) is 6. The van der Waals surface area contributed by atoms with Crippen molar-refractivity contribution in [3.05, 3.63) is 95.1 Å². The molecule has 4 heterocycles. The third-order valence-corrected chi connectivity index (χ3v) is 7.12. The molecular weight excluding hydrogens is 1470 g/mol. The van der Waals surface area contributed by atoms with Crippen LogP contribution in [0.3, 0.4) is 0 Å². The van der Waals surface area contributed by atoms with Crippen molar-refractivity contribution in [3.63, 3.8) is 0 Å². The molecule has 0 saturated heterocycles. The quantitative estimate of drug-likeness (QED) is 0.0489. The first-order valence-electron chi connectivity index (χ1n) is 17.4. The molecule has 474 valence electrons. The fourth-order valence-corrected chi connectivity index (χ4v) is 4.18. The Morgan fingerprint density at radius 1 is 0.345 bits per heavy atom. The number of carboxylic acids is 4. The monoisotopic (exact) mass is 1520 g/mol. The van der Waals surface area contributed by atoms with E-state index in [-0.39, 0.29) is 209 Å². The molecule has 0 bridgehead atoms. The molecule has 8 aromatic rings. The number of hydrogen-bond acceptors (Lipinski definition) is 32. The molecule has 0 aliphatic heterocycles. The van der Waals surface area contributed by atoms with Crippen LogP contribution in [0.4, 0.5) is 46.5 Å². The van der Waals surface area contributed by atoms with E-state index < -0.39 is 58.0 Å². The zero-order valence-electron chi connectivity index (χ0n) is 41.0. The number of carbonyl (C=O) groups excluding carboxylic acids is 4. The zero-order chi connectivity index (χ0) is 49.0. The van der Waals surface area contributed by atoms with Gasteiger partial charge in [0.2, 0.25) is 0 Å². The first-order valence-corrected chi connectivity index (χ1v) is 17.4. The molecule has 0 amide bonds. The molecule has 0 atom stereocenters. The fraction of sp³-hybridized carbons (Fsp3) is 0. The Morgan fingerprint density at radius 2 is 0.548 bits per heavy atom. The normalized spacial score (nSPS) is 8.76. The minimum absolute atomic E-state index is 0. The van der Waals surface area contributed by atoms with Gasteiger partial charge in [0, 0.05) is 11.1 Å². The number of nitrogens with zero attached hydrogens (tertiary/aromatic N) is 20. The van der Waals surface area contributed by atoms with Gasteiger partial charge < -0.3 is 137 Å². The molecule has 52 heteroatoms. The van der Waals surface area contributed by atoms with Crippen LogP contribution in [0.5, 0.6) is 23.0 Å². The van der Waals surface area contributed by atoms with Gasteiger partial charge in [0.05, 0.1) is 46.6 Å². The predicted molar refractivity (Wildman–Crippen MR) is 259 cm³/mol. The summed E-state index contributed by atoms with van der Waals surface area (Å²) in [6.07, 6.45) is 0. The molecule has 0 saturated carbocycles. The summed E-state index contributed by atoms with van der Waals surface area (Å²) in [5.74, 6) is -8.23. The van der Waals surface area contributed by atoms with E-state index in [4.69, 9.17) is 0 Å². The number of carbonyl (C=O) groups is 4. The molecule has 84 heavy (non-hydrogen) atoms. The molecule has 8 rings (SSSR count). The van der Waals surface area contributed by atoms with Gasteiger partial charge in [0.1, 0.15) is 11.5 Å². The molecule has 0 fully saturated rings. The van der Waals surface area contributed by atoms with E-state index in [1.165, 1.54) is 36.4 Å². The molecule has 50 nitrogen and oxygen atoms in total. The number of tetrazole rings is 4. The smallest absolute Gasteiger partial charge is 0.872 e. The zero-order valence-corrected chi connectivity index (χ0v) is 44.7. The maximum atomic E-state index is 11.1. The summed E-state index contributed by atoms with van der Waals surface area (Å²) in [5, 5.41) is 162. The summed E-state index contributed by atoms with van der Waals surface area (Å²) < 4.78 is 0. The predicted octanol–water partition coefficient (Wildman–Crippen LogP) is -14.9. The van der Waals surface area contributed by atoms with Crippen molar-refractivity contribution in [2.75, 3.05) is 0 Å². The van der Waals surface area contributed by atoms with Gasteiger partial charge in [-0.3, -0.25) is 0 Å². The maximum absolute atomic E-state index is 11.1. The summed E-state index contributed by atoms with van der Waals surface area (Å²) in [6.45, 7) is 0. The van der Waals surface area contributed by atoms with Crippen LogP contribution in [0, 0.1) is 74.6 Å². The molecule has 2 radical (unpaired) electrons. The van der Waals surface area contributed by atoms with Crippen molar-refractivity contribution in [3.8, 4) is 23.0 Å². The molecule has 4 aromatic heterocycles. The number of aromatic amines is 4. The summed E-state index contributed by atoms with van der Waals surface area (Å²) in [6, 6.07) is 14.2. The van der Waals surface area contributed by atoms with Crippen molar-refractivity contribution < 1.29 is 211 Å². The van der Waals surface area contributed by atoms with Crippen LogP contribution in [0.1, 0.15) is 41.4 Å². The van der Waals surface area contributed by atoms with E-state index in [0.717, 1.165) is 36.4 Å². The Labute approximate surface area is 519 Å². The number of aromatic nitrogens is 16. The van der Waals surface area contributed by atoms with Crippen molar-refractivity contribution in [1.29, 1.82) is 0 Å². The average Bonchev–Trinajstić information content (AvgIpc) is 4.19. The second-order valence-electron chi connectivity index (χ2n) is 11.6. The van der Waals surface area contributed by atoms with Gasteiger partial charge >= 0.3 is 98.4 Å². The van der Waals surface area contributed by atoms with E-state index in [1.54, 1.807) is 0 Å². The van der Waals surface area contributed by atoms with Crippen LogP contribution < -0.4 is 30.6 Å². The van der Waals surface area contributed by atoms with Crippen molar-refractivity contribution in [1.82, 2.24) is 82.5 Å². The molecule has 42 N–H and O–H groups in total. The number of aromatic carboxylic acids is 4. The van der Waals surface area contributed by atoms with Crippen LogP contribution in [-0.2, 0) is 43.8 Å². The van der Waals surface area contributed by atoms with Gasteiger partial charge in [-0.1, -0.05) is 44.0 Å². The van der Waals surface area contributed by atoms with Crippen LogP contribution in [0.15, 0.2) is 114 Å². The first kappa shape index (κ1) is 103. The number of aromatic hydroxyl groups is 2. The molecule has 4 aromatic carbocycles. The molecule has 0 unspecified atom stereocenters. The molecule has 0 aliphatic carbocycles. The number of azo groups is 4. The van der Waals surface area contributed by atoms with Gasteiger partial charge in [-0.15, -0.1) is 61.3 Å². The van der Waals surface area contributed by atoms with Crippen molar-refractivity contribution >= 4 is 70.4 Å². The number of rotatable bonds is 12. The first-order chi connectivity index (χ1) is 32.7. The number of nitrogens with one attached hydrogen (secondary N) is 4. The van der Waals surface area contributed by atoms with Gasteiger partial charge in [-0.2, -0.15) is 20.9 Å². The SMILES string of the molecule is O.O.O.O.O.O.O=C([O-])c1cc(N=Nc2nn[nH]n2)ccc1O.O=C([O-])c1cc(N=Nc2nn[nH]n2)ccc1O.O=C([O-])c1cc(N=Nc2nn[nH]n2)ccc1[O-].O=C([O-])c1cc(N=Nc2nn[nH]n2)ccc1[O-].[Er+3].[Er+3].[OH3+].[OH3+].[OH3+].[OH3+].[OH3+].[OH3+].[OH3+].[OH3+]. The Hall–Kier alpha value is -9.43. The van der Waals surface area contributed by atoms with Gasteiger partial charge in [0.15, 0.2) is 0 Å². The summed E-state index contributed by atoms with van der Waals surface area (Å²) in [4.78, 5) is 42.4. The van der Waals surface area contributed by atoms with Crippen LogP contribution in [0.25, 0.3) is 0 Å². The summed E-state index contributed by atoms with van der Waals surface area (Å²) >= 11 is 0. The average molecular weight is 1530 g/mol. The van der Waals surface area contributed by atoms with Gasteiger partial charge in [-0.25, -0.2) is 0 Å². The van der Waals surface area contributed by atoms with E-state index in [2.05, 4.69) is 123 Å². The van der Waals surface area contributed by atoms with E-state index in [0.29, 0.717) is 0 Å². The Bertz CT molecular complexity index is 2720. The fourth-order valence-electron chi connectivity index (χ4n) is 4.18.